The maximum Gasteiger partial charge on any atom is 0.186 e. The average molecular weight is 255 g/mol. The highest BCUT2D eigenvalue weighted by molar-refractivity contribution is 8.13. The molecule has 2 nitrogen and oxygen atoms in total. The molecule has 0 atom stereocenters. The van der Waals surface area contributed by atoms with Crippen LogP contribution in [0.2, 0.25) is 5.02 Å². The van der Waals surface area contributed by atoms with Gasteiger partial charge in [0.05, 0.1) is 10.8 Å². The number of rotatable bonds is 1. The van der Waals surface area contributed by atoms with Gasteiger partial charge in [-0.3, -0.25) is 4.79 Å². The van der Waals surface area contributed by atoms with Crippen molar-refractivity contribution in [2.45, 2.75) is 13.8 Å². The molecule has 0 aliphatic rings. The average Bonchev–Trinajstić information content (AvgIpc) is 2.20. The number of thioether (sulfide) groups is 1. The first-order chi connectivity index (χ1) is 7.50. The molecule has 0 aromatic heterocycles. The number of hydrogen-bond acceptors (Lipinski definition) is 3. The second kappa shape index (κ2) is 5.83. The van der Waals surface area contributed by atoms with E-state index in [0.717, 1.165) is 5.56 Å². The molecule has 1 N–H and O–H groups in total. The van der Waals surface area contributed by atoms with Crippen molar-refractivity contribution in [3.63, 3.8) is 0 Å². The standard InChI is InChI=1S/C12H11ClO2S/c1-8-6-10(7-11(13)12(8)15)4-3-5-16-9(2)14/h6-7,15H,5H2,1-2H3. The molecule has 0 saturated heterocycles. The first-order valence-electron chi connectivity index (χ1n) is 4.62. The van der Waals surface area contributed by atoms with E-state index < -0.39 is 0 Å². The van der Waals surface area contributed by atoms with Crippen molar-refractivity contribution in [1.29, 1.82) is 0 Å². The number of aromatic hydroxyl groups is 1. The predicted octanol–water partition coefficient (Wildman–Crippen LogP) is 2.99. The summed E-state index contributed by atoms with van der Waals surface area (Å²) in [5.41, 5.74) is 1.43. The topological polar surface area (TPSA) is 37.3 Å². The van der Waals surface area contributed by atoms with Crippen molar-refractivity contribution in [2.75, 3.05) is 5.75 Å². The Hall–Kier alpha value is -1.11. The molecule has 0 spiro atoms. The van der Waals surface area contributed by atoms with Gasteiger partial charge in [0.2, 0.25) is 0 Å². The van der Waals surface area contributed by atoms with Crippen LogP contribution >= 0.6 is 23.4 Å². The SMILES string of the molecule is CC(=O)SCC#Cc1cc(C)c(O)c(Cl)c1. The van der Waals surface area contributed by atoms with Crippen LogP contribution in [0.4, 0.5) is 0 Å². The van der Waals surface area contributed by atoms with Gasteiger partial charge in [0, 0.05) is 12.5 Å². The van der Waals surface area contributed by atoms with Crippen molar-refractivity contribution in [2.24, 2.45) is 0 Å². The summed E-state index contributed by atoms with van der Waals surface area (Å²) in [5.74, 6) is 6.30. The fourth-order valence-corrected chi connectivity index (χ4v) is 1.70. The molecule has 0 bridgehead atoms. The highest BCUT2D eigenvalue weighted by atomic mass is 35.5. The van der Waals surface area contributed by atoms with Gasteiger partial charge in [-0.2, -0.15) is 0 Å². The van der Waals surface area contributed by atoms with Crippen molar-refractivity contribution in [3.05, 3.63) is 28.3 Å². The molecule has 0 fully saturated rings. The zero-order valence-electron chi connectivity index (χ0n) is 9.00. The summed E-state index contributed by atoms with van der Waals surface area (Å²) >= 11 is 6.97. The lowest BCUT2D eigenvalue weighted by atomic mass is 10.1. The lowest BCUT2D eigenvalue weighted by molar-refractivity contribution is -0.109. The first-order valence-corrected chi connectivity index (χ1v) is 5.98. The molecule has 0 aliphatic heterocycles. The van der Waals surface area contributed by atoms with Crippen LogP contribution in [-0.4, -0.2) is 16.0 Å². The van der Waals surface area contributed by atoms with E-state index in [1.54, 1.807) is 19.1 Å². The largest absolute Gasteiger partial charge is 0.506 e. The second-order valence-corrected chi connectivity index (χ2v) is 4.77. The minimum Gasteiger partial charge on any atom is -0.506 e. The minimum absolute atomic E-state index is 0.0502. The molecule has 0 unspecified atom stereocenters. The van der Waals surface area contributed by atoms with Crippen LogP contribution in [0.15, 0.2) is 12.1 Å². The lowest BCUT2D eigenvalue weighted by Crippen LogP contribution is -1.84. The van der Waals surface area contributed by atoms with E-state index in [-0.39, 0.29) is 10.9 Å². The van der Waals surface area contributed by atoms with Crippen LogP contribution in [0.25, 0.3) is 0 Å². The molecule has 16 heavy (non-hydrogen) atoms. The van der Waals surface area contributed by atoms with E-state index in [1.165, 1.54) is 18.7 Å². The van der Waals surface area contributed by atoms with Crippen LogP contribution < -0.4 is 0 Å². The fraction of sp³-hybridized carbons (Fsp3) is 0.250. The molecule has 0 radical (unpaired) electrons. The summed E-state index contributed by atoms with van der Waals surface area (Å²) in [6.07, 6.45) is 0. The summed E-state index contributed by atoms with van der Waals surface area (Å²) in [7, 11) is 0. The Morgan fingerprint density at radius 2 is 2.25 bits per heavy atom. The quantitative estimate of drug-likeness (QED) is 0.783. The Morgan fingerprint density at radius 3 is 2.81 bits per heavy atom. The number of halogens is 1. The van der Waals surface area contributed by atoms with Crippen LogP contribution in [0.1, 0.15) is 18.1 Å². The lowest BCUT2D eigenvalue weighted by Gasteiger charge is -2.01. The van der Waals surface area contributed by atoms with Crippen LogP contribution in [0, 0.1) is 18.8 Å². The Kier molecular flexibility index (Phi) is 4.72. The number of carbonyl (C=O) groups is 1. The third-order valence-electron chi connectivity index (χ3n) is 1.83. The maximum atomic E-state index is 10.6. The summed E-state index contributed by atoms with van der Waals surface area (Å²) in [6.45, 7) is 3.27. The van der Waals surface area contributed by atoms with Gasteiger partial charge in [-0.05, 0) is 24.6 Å². The molecule has 84 valence electrons. The van der Waals surface area contributed by atoms with Gasteiger partial charge in [-0.25, -0.2) is 0 Å². The second-order valence-electron chi connectivity index (χ2n) is 3.21. The zero-order chi connectivity index (χ0) is 12.1. The fourth-order valence-electron chi connectivity index (χ4n) is 1.08. The van der Waals surface area contributed by atoms with E-state index in [4.69, 9.17) is 11.6 Å². The van der Waals surface area contributed by atoms with Crippen molar-refractivity contribution in [3.8, 4) is 17.6 Å². The van der Waals surface area contributed by atoms with Crippen molar-refractivity contribution >= 4 is 28.5 Å². The Labute approximate surface area is 104 Å². The molecule has 4 heteroatoms. The smallest absolute Gasteiger partial charge is 0.186 e. The number of phenolic OH excluding ortho intramolecular Hbond substituents is 1. The molecular formula is C12H11ClO2S. The molecule has 0 saturated carbocycles. The van der Waals surface area contributed by atoms with Crippen molar-refractivity contribution in [1.82, 2.24) is 0 Å². The number of hydrogen-bond donors (Lipinski definition) is 1. The van der Waals surface area contributed by atoms with Gasteiger partial charge in [0.1, 0.15) is 5.75 Å². The van der Waals surface area contributed by atoms with Crippen LogP contribution in [0.5, 0.6) is 5.75 Å². The molecule has 1 rings (SSSR count). The van der Waals surface area contributed by atoms with Gasteiger partial charge in [0.25, 0.3) is 0 Å². The molecule has 1 aromatic rings. The van der Waals surface area contributed by atoms with Gasteiger partial charge >= 0.3 is 0 Å². The third kappa shape index (κ3) is 3.80. The minimum atomic E-state index is 0.0502. The number of carbonyl (C=O) groups excluding carboxylic acids is 1. The monoisotopic (exact) mass is 254 g/mol. The molecule has 1 aromatic carbocycles. The maximum absolute atomic E-state index is 10.6. The predicted molar refractivity (Wildman–Crippen MR) is 67.9 cm³/mol. The highest BCUT2D eigenvalue weighted by Gasteiger charge is 2.02. The number of benzene rings is 1. The third-order valence-corrected chi connectivity index (χ3v) is 2.82. The van der Waals surface area contributed by atoms with E-state index in [9.17, 15) is 9.90 Å². The Bertz CT molecular complexity index is 449. The Morgan fingerprint density at radius 1 is 1.56 bits per heavy atom. The summed E-state index contributed by atoms with van der Waals surface area (Å²) in [4.78, 5) is 10.6. The molecule has 0 amide bonds. The van der Waals surface area contributed by atoms with Gasteiger partial charge in [-0.1, -0.05) is 35.2 Å². The van der Waals surface area contributed by atoms with E-state index in [2.05, 4.69) is 11.8 Å². The van der Waals surface area contributed by atoms with Gasteiger partial charge in [0.15, 0.2) is 5.12 Å². The normalized spacial score (nSPS) is 9.44. The van der Waals surface area contributed by atoms with Crippen LogP contribution in [-0.2, 0) is 4.79 Å². The van der Waals surface area contributed by atoms with E-state index >= 15 is 0 Å². The summed E-state index contributed by atoms with van der Waals surface area (Å²) < 4.78 is 0. The van der Waals surface area contributed by atoms with Gasteiger partial charge < -0.3 is 5.11 Å². The molecule has 0 heterocycles. The molecular weight excluding hydrogens is 244 g/mol. The molecule has 0 aliphatic carbocycles. The number of phenols is 1. The number of aryl methyl sites for hydroxylation is 1. The first kappa shape index (κ1) is 13.0. The summed E-state index contributed by atoms with van der Waals surface area (Å²) in [6, 6.07) is 3.36. The highest BCUT2D eigenvalue weighted by Crippen LogP contribution is 2.27. The van der Waals surface area contributed by atoms with Crippen molar-refractivity contribution < 1.29 is 9.90 Å². The Balaban J connectivity index is 2.78. The summed E-state index contributed by atoms with van der Waals surface area (Å²) in [5, 5.41) is 9.79. The van der Waals surface area contributed by atoms with E-state index in [0.29, 0.717) is 16.3 Å². The zero-order valence-corrected chi connectivity index (χ0v) is 10.6. The van der Waals surface area contributed by atoms with E-state index in [1.807, 2.05) is 0 Å². The van der Waals surface area contributed by atoms with Gasteiger partial charge in [-0.15, -0.1) is 0 Å². The van der Waals surface area contributed by atoms with Crippen LogP contribution in [0.3, 0.4) is 0 Å².